The van der Waals surface area contributed by atoms with Gasteiger partial charge in [0.1, 0.15) is 23.7 Å². The number of benzene rings is 2. The topological polar surface area (TPSA) is 59.1 Å². The standard InChI is InChI=1S/C18H17ClN4O/c1-24-16-7-5-13(6-8-16)11-20-17-10-18(22-12-21-17)23-15-4-2-3-14(19)9-15/h2-10,12H,11H2,1H3,(H2,20,21,22,23). The molecule has 24 heavy (non-hydrogen) atoms. The minimum atomic E-state index is 0.664. The lowest BCUT2D eigenvalue weighted by atomic mass is 10.2. The molecule has 0 radical (unpaired) electrons. The van der Waals surface area contributed by atoms with Crippen LogP contribution in [0.5, 0.6) is 5.75 Å². The van der Waals surface area contributed by atoms with Crippen LogP contribution in [0, 0.1) is 0 Å². The van der Waals surface area contributed by atoms with E-state index in [9.17, 15) is 0 Å². The highest BCUT2D eigenvalue weighted by Gasteiger charge is 2.01. The lowest BCUT2D eigenvalue weighted by molar-refractivity contribution is 0.414. The molecular weight excluding hydrogens is 324 g/mol. The van der Waals surface area contributed by atoms with Gasteiger partial charge >= 0.3 is 0 Å². The number of methoxy groups -OCH3 is 1. The van der Waals surface area contributed by atoms with E-state index in [0.717, 1.165) is 22.8 Å². The molecule has 3 aromatic rings. The number of anilines is 3. The average Bonchev–Trinajstić information content (AvgIpc) is 2.61. The molecule has 5 nitrogen and oxygen atoms in total. The molecule has 1 heterocycles. The largest absolute Gasteiger partial charge is 0.497 e. The van der Waals surface area contributed by atoms with Gasteiger partial charge in [-0.3, -0.25) is 0 Å². The van der Waals surface area contributed by atoms with E-state index in [1.165, 1.54) is 6.33 Å². The van der Waals surface area contributed by atoms with Crippen molar-refractivity contribution in [3.8, 4) is 5.75 Å². The molecule has 0 bridgehead atoms. The summed E-state index contributed by atoms with van der Waals surface area (Å²) in [6, 6.07) is 17.2. The van der Waals surface area contributed by atoms with Crippen LogP contribution in [0.15, 0.2) is 60.9 Å². The van der Waals surface area contributed by atoms with Crippen molar-refractivity contribution in [2.45, 2.75) is 6.54 Å². The third-order valence-corrected chi connectivity index (χ3v) is 3.63. The number of aromatic nitrogens is 2. The molecule has 0 atom stereocenters. The summed E-state index contributed by atoms with van der Waals surface area (Å²) in [4.78, 5) is 8.45. The van der Waals surface area contributed by atoms with E-state index in [4.69, 9.17) is 16.3 Å². The number of ether oxygens (including phenoxy) is 1. The zero-order valence-corrected chi connectivity index (χ0v) is 13.9. The van der Waals surface area contributed by atoms with Gasteiger partial charge in [0.25, 0.3) is 0 Å². The van der Waals surface area contributed by atoms with Gasteiger partial charge in [-0.15, -0.1) is 0 Å². The van der Waals surface area contributed by atoms with Crippen molar-refractivity contribution in [3.63, 3.8) is 0 Å². The van der Waals surface area contributed by atoms with Crippen molar-refractivity contribution in [1.82, 2.24) is 9.97 Å². The maximum atomic E-state index is 5.99. The Labute approximate surface area is 145 Å². The molecule has 6 heteroatoms. The summed E-state index contributed by atoms with van der Waals surface area (Å²) < 4.78 is 5.15. The van der Waals surface area contributed by atoms with E-state index < -0.39 is 0 Å². The molecule has 0 saturated carbocycles. The molecule has 2 aromatic carbocycles. The molecule has 0 aliphatic rings. The number of rotatable bonds is 6. The monoisotopic (exact) mass is 340 g/mol. The molecule has 1 aromatic heterocycles. The van der Waals surface area contributed by atoms with Gasteiger partial charge in [-0.1, -0.05) is 29.8 Å². The lowest BCUT2D eigenvalue weighted by Gasteiger charge is -2.09. The van der Waals surface area contributed by atoms with Crippen molar-refractivity contribution in [1.29, 1.82) is 0 Å². The first-order valence-electron chi connectivity index (χ1n) is 7.44. The Kier molecular flexibility index (Phi) is 5.13. The van der Waals surface area contributed by atoms with Crippen LogP contribution < -0.4 is 15.4 Å². The first-order valence-corrected chi connectivity index (χ1v) is 7.82. The Bertz CT molecular complexity index is 808. The summed E-state index contributed by atoms with van der Waals surface area (Å²) in [5, 5.41) is 7.16. The second kappa shape index (κ2) is 7.66. The average molecular weight is 341 g/mol. The summed E-state index contributed by atoms with van der Waals surface area (Å²) in [6.45, 7) is 0.664. The van der Waals surface area contributed by atoms with Gasteiger partial charge in [0, 0.05) is 23.3 Å². The third-order valence-electron chi connectivity index (χ3n) is 3.40. The fourth-order valence-electron chi connectivity index (χ4n) is 2.17. The first kappa shape index (κ1) is 16.1. The van der Waals surface area contributed by atoms with Crippen molar-refractivity contribution >= 4 is 28.9 Å². The van der Waals surface area contributed by atoms with Crippen LogP contribution in [0.25, 0.3) is 0 Å². The molecule has 0 amide bonds. The van der Waals surface area contributed by atoms with Gasteiger partial charge in [0.05, 0.1) is 7.11 Å². The minimum absolute atomic E-state index is 0.664. The Balaban J connectivity index is 1.64. The highest BCUT2D eigenvalue weighted by Crippen LogP contribution is 2.20. The lowest BCUT2D eigenvalue weighted by Crippen LogP contribution is -2.03. The Morgan fingerprint density at radius 1 is 1.00 bits per heavy atom. The van der Waals surface area contributed by atoms with Crippen molar-refractivity contribution in [2.75, 3.05) is 17.7 Å². The highest BCUT2D eigenvalue weighted by atomic mass is 35.5. The van der Waals surface area contributed by atoms with Crippen LogP contribution in [0.3, 0.4) is 0 Å². The molecule has 0 aliphatic carbocycles. The Morgan fingerprint density at radius 3 is 2.54 bits per heavy atom. The summed E-state index contributed by atoms with van der Waals surface area (Å²) in [6.07, 6.45) is 1.52. The zero-order chi connectivity index (χ0) is 16.8. The van der Waals surface area contributed by atoms with E-state index in [-0.39, 0.29) is 0 Å². The summed E-state index contributed by atoms with van der Waals surface area (Å²) in [5.74, 6) is 2.28. The SMILES string of the molecule is COc1ccc(CNc2cc(Nc3cccc(Cl)c3)ncn2)cc1. The smallest absolute Gasteiger partial charge is 0.135 e. The van der Waals surface area contributed by atoms with Gasteiger partial charge < -0.3 is 15.4 Å². The molecule has 0 saturated heterocycles. The van der Waals surface area contributed by atoms with Crippen LogP contribution >= 0.6 is 11.6 Å². The number of halogens is 1. The molecule has 122 valence electrons. The number of hydrogen-bond acceptors (Lipinski definition) is 5. The van der Waals surface area contributed by atoms with Crippen LogP contribution in [0.2, 0.25) is 5.02 Å². The van der Waals surface area contributed by atoms with Crippen LogP contribution in [0.1, 0.15) is 5.56 Å². The molecule has 0 fully saturated rings. The highest BCUT2D eigenvalue weighted by molar-refractivity contribution is 6.30. The number of nitrogens with zero attached hydrogens (tertiary/aromatic N) is 2. The van der Waals surface area contributed by atoms with E-state index in [1.54, 1.807) is 7.11 Å². The van der Waals surface area contributed by atoms with E-state index >= 15 is 0 Å². The minimum Gasteiger partial charge on any atom is -0.497 e. The first-order chi connectivity index (χ1) is 11.7. The summed E-state index contributed by atoms with van der Waals surface area (Å²) in [5.41, 5.74) is 2.01. The van der Waals surface area contributed by atoms with Crippen LogP contribution in [-0.4, -0.2) is 17.1 Å². The Morgan fingerprint density at radius 2 is 1.79 bits per heavy atom. The summed E-state index contributed by atoms with van der Waals surface area (Å²) >= 11 is 5.99. The summed E-state index contributed by atoms with van der Waals surface area (Å²) in [7, 11) is 1.66. The van der Waals surface area contributed by atoms with E-state index in [0.29, 0.717) is 17.4 Å². The molecule has 0 unspecified atom stereocenters. The van der Waals surface area contributed by atoms with Gasteiger partial charge in [-0.2, -0.15) is 0 Å². The van der Waals surface area contributed by atoms with Crippen LogP contribution in [0.4, 0.5) is 17.3 Å². The zero-order valence-electron chi connectivity index (χ0n) is 13.2. The van der Waals surface area contributed by atoms with E-state index in [1.807, 2.05) is 54.6 Å². The third kappa shape index (κ3) is 4.36. The van der Waals surface area contributed by atoms with Crippen molar-refractivity contribution < 1.29 is 4.74 Å². The maximum absolute atomic E-state index is 5.99. The molecule has 3 rings (SSSR count). The molecule has 2 N–H and O–H groups in total. The van der Waals surface area contributed by atoms with Gasteiger partial charge in [0.2, 0.25) is 0 Å². The molecule has 0 spiro atoms. The fourth-order valence-corrected chi connectivity index (χ4v) is 2.36. The predicted octanol–water partition coefficient (Wildman–Crippen LogP) is 4.49. The fraction of sp³-hybridized carbons (Fsp3) is 0.111. The second-order valence-electron chi connectivity index (χ2n) is 5.13. The quantitative estimate of drug-likeness (QED) is 0.692. The number of hydrogen-bond donors (Lipinski definition) is 2. The number of nitrogens with one attached hydrogen (secondary N) is 2. The van der Waals surface area contributed by atoms with Gasteiger partial charge in [-0.05, 0) is 35.9 Å². The van der Waals surface area contributed by atoms with Crippen LogP contribution in [-0.2, 0) is 6.54 Å². The van der Waals surface area contributed by atoms with Gasteiger partial charge in [0.15, 0.2) is 0 Å². The van der Waals surface area contributed by atoms with Gasteiger partial charge in [-0.25, -0.2) is 9.97 Å². The van der Waals surface area contributed by atoms with E-state index in [2.05, 4.69) is 20.6 Å². The Hall–Kier alpha value is -2.79. The second-order valence-corrected chi connectivity index (χ2v) is 5.56. The van der Waals surface area contributed by atoms with Crippen molar-refractivity contribution in [2.24, 2.45) is 0 Å². The van der Waals surface area contributed by atoms with Crippen molar-refractivity contribution in [3.05, 3.63) is 71.5 Å². The molecular formula is C18H17ClN4O. The predicted molar refractivity (Wildman–Crippen MR) is 97.1 cm³/mol. The maximum Gasteiger partial charge on any atom is 0.135 e. The normalized spacial score (nSPS) is 10.2. The molecule has 0 aliphatic heterocycles.